The molecule has 0 aromatic rings. The third kappa shape index (κ3) is 0.703. The van der Waals surface area contributed by atoms with Crippen LogP contribution < -0.4 is 0 Å². The fourth-order valence-electron chi connectivity index (χ4n) is 0.884. The molecule has 1 rings (SSSR count). The Bertz CT molecular complexity index is 133. The minimum absolute atomic E-state index is 0.156. The van der Waals surface area contributed by atoms with Gasteiger partial charge in [-0.25, -0.2) is 0 Å². The van der Waals surface area contributed by atoms with Crippen LogP contribution in [0.2, 0.25) is 0 Å². The largest absolute Gasteiger partial charge is 0.364 e. The third-order valence-electron chi connectivity index (χ3n) is 1.31. The summed E-state index contributed by atoms with van der Waals surface area (Å²) in [5.74, 6) is 1.21. The van der Waals surface area contributed by atoms with Gasteiger partial charge in [-0.1, -0.05) is 0 Å². The first kappa shape index (κ1) is 5.60. The first-order valence-corrected chi connectivity index (χ1v) is 2.82. The molecule has 46 valence electrons. The number of hydrogen-bond donors (Lipinski definition) is 0. The molecule has 0 aromatic carbocycles. The van der Waals surface area contributed by atoms with Crippen LogP contribution in [0.4, 0.5) is 0 Å². The quantitative estimate of drug-likeness (QED) is 0.451. The van der Waals surface area contributed by atoms with Crippen molar-refractivity contribution in [1.82, 2.24) is 4.90 Å². The maximum Gasteiger partial charge on any atom is 0.127 e. The van der Waals surface area contributed by atoms with E-state index in [1.54, 1.807) is 0 Å². The van der Waals surface area contributed by atoms with Gasteiger partial charge < -0.3 is 4.90 Å². The van der Waals surface area contributed by atoms with Gasteiger partial charge in [-0.15, -0.1) is 0 Å². The lowest BCUT2D eigenvalue weighted by atomic mass is 10.2. The lowest BCUT2D eigenvalue weighted by molar-refractivity contribution is 0.612. The van der Waals surface area contributed by atoms with E-state index in [-0.39, 0.29) is 5.54 Å². The Hall–Kier alpha value is -0.530. The smallest absolute Gasteiger partial charge is 0.127 e. The summed E-state index contributed by atoms with van der Waals surface area (Å²) in [6.07, 6.45) is 0. The summed E-state index contributed by atoms with van der Waals surface area (Å²) in [4.78, 5) is 6.28. The molecule has 0 atom stereocenters. The average molecular weight is 112 g/mol. The molecule has 0 fully saturated rings. The van der Waals surface area contributed by atoms with Gasteiger partial charge in [-0.2, -0.15) is 0 Å². The van der Waals surface area contributed by atoms with Gasteiger partial charge in [0, 0.05) is 14.1 Å². The normalized spacial score (nSPS) is 22.2. The van der Waals surface area contributed by atoms with E-state index < -0.39 is 0 Å². The molecule has 1 aliphatic heterocycles. The van der Waals surface area contributed by atoms with Gasteiger partial charge in [0.1, 0.15) is 11.4 Å². The first-order valence-electron chi connectivity index (χ1n) is 2.82. The zero-order valence-electron chi connectivity index (χ0n) is 5.89. The molecule has 0 aliphatic carbocycles. The molecule has 0 amide bonds. The van der Waals surface area contributed by atoms with E-state index in [9.17, 15) is 0 Å². The summed E-state index contributed by atoms with van der Waals surface area (Å²) >= 11 is 0. The van der Waals surface area contributed by atoms with Crippen LogP contribution in [-0.4, -0.2) is 30.4 Å². The van der Waals surface area contributed by atoms with Crippen LogP contribution in [-0.2, 0) is 0 Å². The van der Waals surface area contributed by atoms with Crippen molar-refractivity contribution >= 4 is 5.84 Å². The van der Waals surface area contributed by atoms with Gasteiger partial charge in [0.25, 0.3) is 0 Å². The Morgan fingerprint density at radius 3 is 1.75 bits per heavy atom. The third-order valence-corrected chi connectivity index (χ3v) is 1.31. The Morgan fingerprint density at radius 1 is 1.38 bits per heavy atom. The summed E-state index contributed by atoms with van der Waals surface area (Å²) in [5, 5.41) is 0. The summed E-state index contributed by atoms with van der Waals surface area (Å²) in [6.45, 7) is 4.23. The summed E-state index contributed by atoms with van der Waals surface area (Å²) < 4.78 is 0. The SMILES string of the molecule is CN(C)C1=NC1(C)C. The highest BCUT2D eigenvalue weighted by Crippen LogP contribution is 2.26. The van der Waals surface area contributed by atoms with Crippen molar-refractivity contribution in [3.05, 3.63) is 0 Å². The van der Waals surface area contributed by atoms with Crippen LogP contribution in [0, 0.1) is 0 Å². The Morgan fingerprint density at radius 2 is 1.75 bits per heavy atom. The zero-order chi connectivity index (χ0) is 6.36. The highest BCUT2D eigenvalue weighted by Gasteiger charge is 2.38. The Labute approximate surface area is 50.2 Å². The van der Waals surface area contributed by atoms with Crippen LogP contribution in [0.15, 0.2) is 4.99 Å². The van der Waals surface area contributed by atoms with E-state index in [1.165, 1.54) is 5.84 Å². The van der Waals surface area contributed by atoms with E-state index in [4.69, 9.17) is 0 Å². The predicted octanol–water partition coefficient (Wildman–Crippen LogP) is 0.739. The maximum absolute atomic E-state index is 4.23. The van der Waals surface area contributed by atoms with Crippen LogP contribution in [0.5, 0.6) is 0 Å². The monoisotopic (exact) mass is 112 g/mol. The van der Waals surface area contributed by atoms with Gasteiger partial charge in [0.2, 0.25) is 0 Å². The van der Waals surface area contributed by atoms with Crippen molar-refractivity contribution in [3.8, 4) is 0 Å². The maximum atomic E-state index is 4.23. The highest BCUT2D eigenvalue weighted by molar-refractivity contribution is 6.02. The molecule has 0 bridgehead atoms. The second-order valence-corrected chi connectivity index (χ2v) is 2.89. The van der Waals surface area contributed by atoms with E-state index >= 15 is 0 Å². The average Bonchev–Trinajstić information content (AvgIpc) is 2.13. The van der Waals surface area contributed by atoms with Crippen LogP contribution >= 0.6 is 0 Å². The predicted molar refractivity (Wildman–Crippen MR) is 35.2 cm³/mol. The van der Waals surface area contributed by atoms with E-state index in [0.29, 0.717) is 0 Å². The molecule has 0 aromatic heterocycles. The molecule has 8 heavy (non-hydrogen) atoms. The summed E-state index contributed by atoms with van der Waals surface area (Å²) in [5.41, 5.74) is 0.156. The van der Waals surface area contributed by atoms with Crippen molar-refractivity contribution in [2.75, 3.05) is 14.1 Å². The molecule has 0 radical (unpaired) electrons. The number of likely N-dealkylation sites (N-methyl/N-ethyl adjacent to an activating group) is 1. The number of hydrogen-bond acceptors (Lipinski definition) is 2. The molecule has 0 unspecified atom stereocenters. The first-order chi connectivity index (χ1) is 3.54. The molecule has 0 saturated heterocycles. The number of nitrogens with zero attached hydrogens (tertiary/aromatic N) is 2. The molecule has 2 nitrogen and oxygen atoms in total. The Balaban J connectivity index is 2.47. The van der Waals surface area contributed by atoms with Gasteiger partial charge in [0.15, 0.2) is 0 Å². The minimum atomic E-state index is 0.156. The van der Waals surface area contributed by atoms with Crippen molar-refractivity contribution < 1.29 is 0 Å². The van der Waals surface area contributed by atoms with Crippen molar-refractivity contribution in [3.63, 3.8) is 0 Å². The van der Waals surface area contributed by atoms with E-state index in [0.717, 1.165) is 0 Å². The highest BCUT2D eigenvalue weighted by atomic mass is 15.3. The van der Waals surface area contributed by atoms with E-state index in [1.807, 2.05) is 14.1 Å². The summed E-state index contributed by atoms with van der Waals surface area (Å²) in [6, 6.07) is 0. The standard InChI is InChI=1S/C6H12N2/c1-6(2)5(7-6)8(3)4/h1-4H3. The van der Waals surface area contributed by atoms with Crippen LogP contribution in [0.3, 0.4) is 0 Å². The molecule has 1 heterocycles. The second kappa shape index (κ2) is 1.24. The van der Waals surface area contributed by atoms with Crippen LogP contribution in [0.25, 0.3) is 0 Å². The number of rotatable bonds is 0. The fraction of sp³-hybridized carbons (Fsp3) is 0.833. The molecular formula is C6H12N2. The summed E-state index contributed by atoms with van der Waals surface area (Å²) in [7, 11) is 4.04. The van der Waals surface area contributed by atoms with E-state index in [2.05, 4.69) is 23.7 Å². The molecule has 0 N–H and O–H groups in total. The molecule has 0 spiro atoms. The number of amidine groups is 1. The zero-order valence-corrected chi connectivity index (χ0v) is 5.89. The molecule has 1 aliphatic rings. The minimum Gasteiger partial charge on any atom is -0.364 e. The van der Waals surface area contributed by atoms with Crippen LogP contribution in [0.1, 0.15) is 13.8 Å². The Kier molecular flexibility index (Phi) is 0.872. The van der Waals surface area contributed by atoms with Gasteiger partial charge in [0.05, 0.1) is 0 Å². The van der Waals surface area contributed by atoms with Gasteiger partial charge >= 0.3 is 0 Å². The molecule has 0 saturated carbocycles. The van der Waals surface area contributed by atoms with Gasteiger partial charge in [-0.05, 0) is 13.8 Å². The lowest BCUT2D eigenvalue weighted by Gasteiger charge is -2.07. The molecular weight excluding hydrogens is 100 g/mol. The number of aliphatic imine (C=N–C) groups is 1. The molecule has 2 heteroatoms. The fourth-order valence-corrected chi connectivity index (χ4v) is 0.884. The van der Waals surface area contributed by atoms with Gasteiger partial charge in [-0.3, -0.25) is 4.99 Å². The van der Waals surface area contributed by atoms with Crippen molar-refractivity contribution in [1.29, 1.82) is 0 Å². The van der Waals surface area contributed by atoms with Crippen molar-refractivity contribution in [2.24, 2.45) is 4.99 Å². The second-order valence-electron chi connectivity index (χ2n) is 2.89. The topological polar surface area (TPSA) is 15.6 Å². The lowest BCUT2D eigenvalue weighted by Crippen LogP contribution is -2.23. The van der Waals surface area contributed by atoms with Crippen molar-refractivity contribution in [2.45, 2.75) is 19.4 Å².